The first-order valence-electron chi connectivity index (χ1n) is 13.9. The van der Waals surface area contributed by atoms with E-state index in [2.05, 4.69) is 158 Å². The highest BCUT2D eigenvalue weighted by atomic mass is 14.2. The molecule has 0 atom stereocenters. The number of hydrogen-bond acceptors (Lipinski definition) is 0. The summed E-state index contributed by atoms with van der Waals surface area (Å²) >= 11 is 0. The van der Waals surface area contributed by atoms with Gasteiger partial charge in [0.1, 0.15) is 0 Å². The zero-order valence-electron chi connectivity index (χ0n) is 22.0. The Bertz CT molecular complexity index is 2150. The van der Waals surface area contributed by atoms with Crippen LogP contribution in [0.4, 0.5) is 0 Å². The van der Waals surface area contributed by atoms with Crippen LogP contribution in [0.2, 0.25) is 0 Å². The Hall–Kier alpha value is -5.20. The van der Waals surface area contributed by atoms with E-state index < -0.39 is 0 Å². The maximum absolute atomic E-state index is 2.39. The van der Waals surface area contributed by atoms with Gasteiger partial charge in [0.2, 0.25) is 0 Å². The first kappa shape index (κ1) is 22.8. The van der Waals surface area contributed by atoms with Crippen LogP contribution in [-0.4, -0.2) is 0 Å². The molecule has 40 heavy (non-hydrogen) atoms. The summed E-state index contributed by atoms with van der Waals surface area (Å²) in [5, 5.41) is 10.2. The van der Waals surface area contributed by atoms with Crippen molar-refractivity contribution >= 4 is 43.1 Å². The SMILES string of the molecule is c1ccc(-c2cccc(-c3c4ccccc4c(-c4ccc5ccc6ccccc6c5c4)c4ccccc34)c2)cc1. The minimum atomic E-state index is 1.23. The van der Waals surface area contributed by atoms with Crippen molar-refractivity contribution in [3.63, 3.8) is 0 Å². The average Bonchev–Trinajstić information content (AvgIpc) is 3.03. The number of hydrogen-bond donors (Lipinski definition) is 0. The van der Waals surface area contributed by atoms with Crippen LogP contribution in [0.5, 0.6) is 0 Å². The van der Waals surface area contributed by atoms with Crippen LogP contribution in [0.15, 0.2) is 158 Å². The van der Waals surface area contributed by atoms with Crippen molar-refractivity contribution in [1.82, 2.24) is 0 Å². The monoisotopic (exact) mass is 506 g/mol. The fraction of sp³-hybridized carbons (Fsp3) is 0. The van der Waals surface area contributed by atoms with Gasteiger partial charge in [-0.05, 0) is 88.6 Å². The predicted molar refractivity (Wildman–Crippen MR) is 173 cm³/mol. The third kappa shape index (κ3) is 3.61. The Morgan fingerprint density at radius 1 is 0.225 bits per heavy atom. The van der Waals surface area contributed by atoms with Gasteiger partial charge in [0.05, 0.1) is 0 Å². The van der Waals surface area contributed by atoms with E-state index in [1.54, 1.807) is 0 Å². The molecule has 8 aromatic carbocycles. The van der Waals surface area contributed by atoms with Gasteiger partial charge < -0.3 is 0 Å². The Labute approximate surface area is 233 Å². The minimum Gasteiger partial charge on any atom is -0.0622 e. The highest BCUT2D eigenvalue weighted by molar-refractivity contribution is 6.22. The molecule has 186 valence electrons. The predicted octanol–water partition coefficient (Wildman–Crippen LogP) is 11.3. The second kappa shape index (κ2) is 9.22. The van der Waals surface area contributed by atoms with Crippen LogP contribution >= 0.6 is 0 Å². The fourth-order valence-electron chi connectivity index (χ4n) is 6.39. The van der Waals surface area contributed by atoms with Gasteiger partial charge in [-0.3, -0.25) is 0 Å². The lowest BCUT2D eigenvalue weighted by atomic mass is 9.85. The van der Waals surface area contributed by atoms with Crippen molar-refractivity contribution in [3.8, 4) is 33.4 Å². The maximum atomic E-state index is 2.39. The third-order valence-corrected chi connectivity index (χ3v) is 8.23. The summed E-state index contributed by atoms with van der Waals surface area (Å²) in [6.45, 7) is 0. The van der Waals surface area contributed by atoms with E-state index in [1.165, 1.54) is 76.5 Å². The summed E-state index contributed by atoms with van der Waals surface area (Å²) in [5.41, 5.74) is 7.54. The molecule has 0 fully saturated rings. The van der Waals surface area contributed by atoms with Crippen molar-refractivity contribution in [2.75, 3.05) is 0 Å². The number of rotatable bonds is 3. The van der Waals surface area contributed by atoms with Gasteiger partial charge in [-0.1, -0.05) is 146 Å². The summed E-state index contributed by atoms with van der Waals surface area (Å²) in [7, 11) is 0. The molecule has 0 aromatic heterocycles. The molecule has 0 bridgehead atoms. The summed E-state index contributed by atoms with van der Waals surface area (Å²) in [4.78, 5) is 0. The lowest BCUT2D eigenvalue weighted by Crippen LogP contribution is -1.91. The molecule has 0 N–H and O–H groups in total. The summed E-state index contributed by atoms with van der Waals surface area (Å²) < 4.78 is 0. The summed E-state index contributed by atoms with van der Waals surface area (Å²) in [6.07, 6.45) is 0. The molecule has 0 spiro atoms. The van der Waals surface area contributed by atoms with E-state index in [0.717, 1.165) is 0 Å². The van der Waals surface area contributed by atoms with Gasteiger partial charge in [-0.15, -0.1) is 0 Å². The molecule has 0 aliphatic heterocycles. The quantitative estimate of drug-likeness (QED) is 0.165. The Kier molecular flexibility index (Phi) is 5.24. The Morgan fingerprint density at radius 3 is 1.32 bits per heavy atom. The molecular formula is C40H26. The van der Waals surface area contributed by atoms with Crippen molar-refractivity contribution in [2.24, 2.45) is 0 Å². The molecule has 0 unspecified atom stereocenters. The Balaban J connectivity index is 1.44. The van der Waals surface area contributed by atoms with E-state index in [9.17, 15) is 0 Å². The summed E-state index contributed by atoms with van der Waals surface area (Å²) in [5.74, 6) is 0. The molecule has 8 rings (SSSR count). The molecule has 0 saturated heterocycles. The molecule has 0 nitrogen and oxygen atoms in total. The normalized spacial score (nSPS) is 11.5. The van der Waals surface area contributed by atoms with E-state index in [1.807, 2.05) is 0 Å². The topological polar surface area (TPSA) is 0 Å². The maximum Gasteiger partial charge on any atom is -0.00261 e. The van der Waals surface area contributed by atoms with Gasteiger partial charge in [0.25, 0.3) is 0 Å². The summed E-state index contributed by atoms with van der Waals surface area (Å²) in [6, 6.07) is 57.5. The second-order valence-corrected chi connectivity index (χ2v) is 10.5. The smallest absolute Gasteiger partial charge is 0.00261 e. The molecular weight excluding hydrogens is 480 g/mol. The largest absolute Gasteiger partial charge is 0.0622 e. The van der Waals surface area contributed by atoms with Crippen LogP contribution in [0, 0.1) is 0 Å². The second-order valence-electron chi connectivity index (χ2n) is 10.5. The van der Waals surface area contributed by atoms with E-state index in [-0.39, 0.29) is 0 Å². The Morgan fingerprint density at radius 2 is 0.675 bits per heavy atom. The fourth-order valence-corrected chi connectivity index (χ4v) is 6.39. The van der Waals surface area contributed by atoms with Crippen LogP contribution < -0.4 is 0 Å². The number of fused-ring (bicyclic) bond motifs is 5. The molecule has 0 aliphatic carbocycles. The third-order valence-electron chi connectivity index (χ3n) is 8.23. The molecule has 0 saturated carbocycles. The molecule has 0 radical (unpaired) electrons. The number of benzene rings is 8. The van der Waals surface area contributed by atoms with Crippen LogP contribution in [-0.2, 0) is 0 Å². The van der Waals surface area contributed by atoms with Crippen LogP contribution in [0.3, 0.4) is 0 Å². The highest BCUT2D eigenvalue weighted by Crippen LogP contribution is 2.45. The zero-order valence-corrected chi connectivity index (χ0v) is 22.0. The van der Waals surface area contributed by atoms with Gasteiger partial charge in [-0.25, -0.2) is 0 Å². The lowest BCUT2D eigenvalue weighted by Gasteiger charge is -2.18. The van der Waals surface area contributed by atoms with Crippen molar-refractivity contribution in [1.29, 1.82) is 0 Å². The first-order valence-corrected chi connectivity index (χ1v) is 13.9. The van der Waals surface area contributed by atoms with Gasteiger partial charge >= 0.3 is 0 Å². The van der Waals surface area contributed by atoms with Crippen LogP contribution in [0.1, 0.15) is 0 Å². The van der Waals surface area contributed by atoms with Crippen molar-refractivity contribution in [2.45, 2.75) is 0 Å². The van der Waals surface area contributed by atoms with Gasteiger partial charge in [0, 0.05) is 0 Å². The van der Waals surface area contributed by atoms with Crippen molar-refractivity contribution < 1.29 is 0 Å². The minimum absolute atomic E-state index is 1.23. The molecule has 0 heterocycles. The van der Waals surface area contributed by atoms with E-state index >= 15 is 0 Å². The molecule has 8 aromatic rings. The molecule has 0 amide bonds. The molecule has 0 heteroatoms. The van der Waals surface area contributed by atoms with Crippen LogP contribution in [0.25, 0.3) is 76.5 Å². The van der Waals surface area contributed by atoms with E-state index in [0.29, 0.717) is 0 Å². The van der Waals surface area contributed by atoms with Crippen molar-refractivity contribution in [3.05, 3.63) is 158 Å². The molecule has 0 aliphatic rings. The van der Waals surface area contributed by atoms with Gasteiger partial charge in [-0.2, -0.15) is 0 Å². The van der Waals surface area contributed by atoms with Gasteiger partial charge in [0.15, 0.2) is 0 Å². The average molecular weight is 507 g/mol. The first-order chi connectivity index (χ1) is 19.8. The standard InChI is InChI=1S/C40H26/c1-2-11-27(12-3-1)30-14-10-15-31(25-30)39-34-17-6-8-19-36(34)40(37-20-9-7-18-35(37)39)32-24-23-29-22-21-28-13-4-5-16-33(28)38(29)26-32/h1-26H. The zero-order chi connectivity index (χ0) is 26.5. The lowest BCUT2D eigenvalue weighted by molar-refractivity contribution is 1.61. The van der Waals surface area contributed by atoms with E-state index in [4.69, 9.17) is 0 Å². The highest BCUT2D eigenvalue weighted by Gasteiger charge is 2.17.